The van der Waals surface area contributed by atoms with Crippen LogP contribution >= 0.6 is 0 Å². The zero-order valence-corrected chi connectivity index (χ0v) is 13.7. The quantitative estimate of drug-likeness (QED) is 0.610. The average Bonchev–Trinajstić information content (AvgIpc) is 2.54. The van der Waals surface area contributed by atoms with Crippen LogP contribution in [0.25, 0.3) is 0 Å². The van der Waals surface area contributed by atoms with Crippen LogP contribution < -0.4 is 15.8 Å². The Morgan fingerprint density at radius 1 is 1.13 bits per heavy atom. The largest absolute Gasteiger partial charge is 0.491 e. The van der Waals surface area contributed by atoms with Crippen molar-refractivity contribution in [1.29, 1.82) is 0 Å². The second-order valence-electron chi connectivity index (χ2n) is 5.81. The zero-order valence-electron chi connectivity index (χ0n) is 13.7. The van der Waals surface area contributed by atoms with Gasteiger partial charge in [-0.15, -0.1) is 0 Å². The number of anilines is 1. The van der Waals surface area contributed by atoms with Crippen molar-refractivity contribution in [1.82, 2.24) is 5.32 Å². The van der Waals surface area contributed by atoms with Crippen LogP contribution in [0.15, 0.2) is 48.5 Å². The van der Waals surface area contributed by atoms with Crippen molar-refractivity contribution in [3.8, 4) is 5.75 Å². The number of carbonyl (C=O) groups is 1. The number of nitrogen functional groups attached to an aromatic ring is 1. The molecule has 3 N–H and O–H groups in total. The average molecular weight is 312 g/mol. The maximum atomic E-state index is 11.9. The van der Waals surface area contributed by atoms with Gasteiger partial charge in [-0.05, 0) is 35.2 Å². The minimum absolute atomic E-state index is 0.0180. The van der Waals surface area contributed by atoms with Crippen LogP contribution in [0.3, 0.4) is 0 Å². The van der Waals surface area contributed by atoms with E-state index in [1.54, 1.807) is 12.1 Å². The fourth-order valence-electron chi connectivity index (χ4n) is 2.32. The first-order valence-electron chi connectivity index (χ1n) is 7.89. The first-order valence-corrected chi connectivity index (χ1v) is 7.89. The van der Waals surface area contributed by atoms with Gasteiger partial charge in [0.2, 0.25) is 5.91 Å². The highest BCUT2D eigenvalue weighted by Crippen LogP contribution is 2.25. The molecule has 23 heavy (non-hydrogen) atoms. The van der Waals surface area contributed by atoms with Gasteiger partial charge in [0.1, 0.15) is 12.4 Å². The van der Waals surface area contributed by atoms with Gasteiger partial charge in [0.05, 0.1) is 13.0 Å². The SMILES string of the molecule is CC(C)c1ccccc1OCCNC(=O)Cc1ccc(N)cc1. The molecule has 0 aliphatic rings. The van der Waals surface area contributed by atoms with Crippen molar-refractivity contribution in [3.05, 3.63) is 59.7 Å². The lowest BCUT2D eigenvalue weighted by Crippen LogP contribution is -2.29. The normalized spacial score (nSPS) is 10.6. The maximum absolute atomic E-state index is 11.9. The molecule has 1 amide bonds. The molecule has 0 aliphatic carbocycles. The van der Waals surface area contributed by atoms with E-state index in [1.165, 1.54) is 5.56 Å². The summed E-state index contributed by atoms with van der Waals surface area (Å²) in [7, 11) is 0. The lowest BCUT2D eigenvalue weighted by atomic mass is 10.0. The smallest absolute Gasteiger partial charge is 0.224 e. The van der Waals surface area contributed by atoms with E-state index in [4.69, 9.17) is 10.5 Å². The van der Waals surface area contributed by atoms with E-state index in [0.29, 0.717) is 31.2 Å². The van der Waals surface area contributed by atoms with Crippen molar-refractivity contribution in [2.24, 2.45) is 0 Å². The summed E-state index contributed by atoms with van der Waals surface area (Å²) in [5.41, 5.74) is 8.46. The topological polar surface area (TPSA) is 64.3 Å². The molecule has 0 saturated heterocycles. The van der Waals surface area contributed by atoms with Gasteiger partial charge in [0.25, 0.3) is 0 Å². The van der Waals surface area contributed by atoms with E-state index >= 15 is 0 Å². The Morgan fingerprint density at radius 2 is 1.83 bits per heavy atom. The van der Waals surface area contributed by atoms with Crippen LogP contribution in [-0.4, -0.2) is 19.1 Å². The number of para-hydroxylation sites is 1. The van der Waals surface area contributed by atoms with E-state index in [9.17, 15) is 4.79 Å². The van der Waals surface area contributed by atoms with Gasteiger partial charge in [-0.2, -0.15) is 0 Å². The predicted octanol–water partition coefficient (Wildman–Crippen LogP) is 3.13. The lowest BCUT2D eigenvalue weighted by molar-refractivity contribution is -0.120. The molecule has 0 saturated carbocycles. The Labute approximate surface area is 137 Å². The van der Waals surface area contributed by atoms with E-state index in [1.807, 2.05) is 30.3 Å². The fourth-order valence-corrected chi connectivity index (χ4v) is 2.32. The van der Waals surface area contributed by atoms with Crippen LogP contribution in [0, 0.1) is 0 Å². The molecule has 0 heterocycles. The Hall–Kier alpha value is -2.49. The minimum atomic E-state index is -0.0180. The molecule has 2 aromatic carbocycles. The van der Waals surface area contributed by atoms with Crippen LogP contribution in [0.2, 0.25) is 0 Å². The van der Waals surface area contributed by atoms with Crippen molar-refractivity contribution in [3.63, 3.8) is 0 Å². The Bertz CT molecular complexity index is 636. The molecular formula is C19H24N2O2. The molecule has 2 rings (SSSR count). The van der Waals surface area contributed by atoms with Crippen molar-refractivity contribution >= 4 is 11.6 Å². The standard InChI is InChI=1S/C19H24N2O2/c1-14(2)17-5-3-4-6-18(17)23-12-11-21-19(22)13-15-7-9-16(20)10-8-15/h3-10,14H,11-13,20H2,1-2H3,(H,21,22). The van der Waals surface area contributed by atoms with E-state index in [0.717, 1.165) is 11.3 Å². The van der Waals surface area contributed by atoms with Crippen LogP contribution in [0.5, 0.6) is 5.75 Å². The third kappa shape index (κ3) is 5.33. The van der Waals surface area contributed by atoms with Crippen molar-refractivity contribution in [2.45, 2.75) is 26.2 Å². The Balaban J connectivity index is 1.75. The van der Waals surface area contributed by atoms with E-state index < -0.39 is 0 Å². The van der Waals surface area contributed by atoms with Gasteiger partial charge < -0.3 is 15.8 Å². The molecule has 0 fully saturated rings. The molecule has 0 radical (unpaired) electrons. The van der Waals surface area contributed by atoms with E-state index in [-0.39, 0.29) is 5.91 Å². The molecule has 0 aliphatic heterocycles. The number of nitrogens with two attached hydrogens (primary N) is 1. The summed E-state index contributed by atoms with van der Waals surface area (Å²) in [6, 6.07) is 15.3. The summed E-state index contributed by atoms with van der Waals surface area (Å²) in [4.78, 5) is 11.9. The summed E-state index contributed by atoms with van der Waals surface area (Å²) in [6.45, 7) is 5.21. The van der Waals surface area contributed by atoms with Gasteiger partial charge >= 0.3 is 0 Å². The Morgan fingerprint density at radius 3 is 2.52 bits per heavy atom. The Kier molecular flexibility index (Phi) is 6.03. The molecule has 4 heteroatoms. The van der Waals surface area contributed by atoms with E-state index in [2.05, 4.69) is 25.2 Å². The number of carbonyl (C=O) groups excluding carboxylic acids is 1. The number of benzene rings is 2. The third-order valence-corrected chi connectivity index (χ3v) is 3.57. The number of amides is 1. The summed E-state index contributed by atoms with van der Waals surface area (Å²) in [5.74, 6) is 1.28. The number of hydrogen-bond acceptors (Lipinski definition) is 3. The number of nitrogens with one attached hydrogen (secondary N) is 1. The molecule has 0 bridgehead atoms. The highest BCUT2D eigenvalue weighted by Gasteiger charge is 2.07. The molecule has 0 unspecified atom stereocenters. The number of hydrogen-bond donors (Lipinski definition) is 2. The molecule has 4 nitrogen and oxygen atoms in total. The zero-order chi connectivity index (χ0) is 16.7. The van der Waals surface area contributed by atoms with Crippen molar-refractivity contribution in [2.75, 3.05) is 18.9 Å². The van der Waals surface area contributed by atoms with Gasteiger partial charge in [-0.1, -0.05) is 44.2 Å². The summed E-state index contributed by atoms with van der Waals surface area (Å²) < 4.78 is 5.78. The van der Waals surface area contributed by atoms with Crippen LogP contribution in [0.4, 0.5) is 5.69 Å². The minimum Gasteiger partial charge on any atom is -0.491 e. The monoisotopic (exact) mass is 312 g/mol. The number of rotatable bonds is 7. The molecule has 0 aromatic heterocycles. The summed E-state index contributed by atoms with van der Waals surface area (Å²) in [6.07, 6.45) is 0.350. The second-order valence-corrected chi connectivity index (χ2v) is 5.81. The van der Waals surface area contributed by atoms with Gasteiger partial charge in [0, 0.05) is 5.69 Å². The van der Waals surface area contributed by atoms with Gasteiger partial charge in [-0.3, -0.25) is 4.79 Å². The molecule has 0 spiro atoms. The van der Waals surface area contributed by atoms with Gasteiger partial charge in [-0.25, -0.2) is 0 Å². The lowest BCUT2D eigenvalue weighted by Gasteiger charge is -2.14. The molecular weight excluding hydrogens is 288 g/mol. The first-order chi connectivity index (χ1) is 11.1. The van der Waals surface area contributed by atoms with Crippen LogP contribution in [0.1, 0.15) is 30.9 Å². The predicted molar refractivity (Wildman–Crippen MR) is 93.6 cm³/mol. The number of ether oxygens (including phenoxy) is 1. The maximum Gasteiger partial charge on any atom is 0.224 e. The third-order valence-electron chi connectivity index (χ3n) is 3.57. The summed E-state index contributed by atoms with van der Waals surface area (Å²) in [5, 5.41) is 2.87. The highest BCUT2D eigenvalue weighted by atomic mass is 16.5. The summed E-state index contributed by atoms with van der Waals surface area (Å²) >= 11 is 0. The second kappa shape index (κ2) is 8.22. The fraction of sp³-hybridized carbons (Fsp3) is 0.316. The first kappa shape index (κ1) is 16.9. The molecule has 2 aromatic rings. The molecule has 0 atom stereocenters. The molecule has 122 valence electrons. The van der Waals surface area contributed by atoms with Gasteiger partial charge in [0.15, 0.2) is 0 Å². The highest BCUT2D eigenvalue weighted by molar-refractivity contribution is 5.78. The van der Waals surface area contributed by atoms with Crippen molar-refractivity contribution < 1.29 is 9.53 Å². The van der Waals surface area contributed by atoms with Crippen LogP contribution in [-0.2, 0) is 11.2 Å².